The van der Waals surface area contributed by atoms with Crippen molar-refractivity contribution < 1.29 is 19.5 Å². The molecule has 8 nitrogen and oxygen atoms in total. The highest BCUT2D eigenvalue weighted by Gasteiger charge is 2.17. The maximum absolute atomic E-state index is 12.8. The Hall–Kier alpha value is -4.61. The molecular weight excluding hydrogens is 456 g/mol. The molecule has 0 aliphatic carbocycles. The number of para-hydroxylation sites is 1. The topological polar surface area (TPSA) is 135 Å². The average molecular weight is 473 g/mol. The summed E-state index contributed by atoms with van der Waals surface area (Å²) in [5.41, 5.74) is 2.06. The van der Waals surface area contributed by atoms with Crippen LogP contribution < -0.4 is 10.6 Å². The number of carboxylic acids is 1. The zero-order valence-electron chi connectivity index (χ0n) is 17.6. The van der Waals surface area contributed by atoms with E-state index in [1.165, 1.54) is 18.2 Å². The van der Waals surface area contributed by atoms with Crippen LogP contribution in [0, 0.1) is 11.3 Å². The number of benzene rings is 3. The molecule has 4 aromatic rings. The summed E-state index contributed by atoms with van der Waals surface area (Å²) in [5.74, 6) is -2.07. The molecule has 1 aromatic heterocycles. The smallest absolute Gasteiger partial charge is 0.337 e. The number of aromatic nitrogens is 1. The first-order valence-corrected chi connectivity index (χ1v) is 10.5. The summed E-state index contributed by atoms with van der Waals surface area (Å²) in [6.07, 6.45) is 0.151. The van der Waals surface area contributed by atoms with Crippen LogP contribution in [-0.2, 0) is 11.2 Å². The molecule has 4 rings (SSSR count). The molecule has 0 saturated heterocycles. The van der Waals surface area contributed by atoms with Gasteiger partial charge in [-0.05, 0) is 48.0 Å². The summed E-state index contributed by atoms with van der Waals surface area (Å²) in [5, 5.41) is 25.1. The molecule has 0 aliphatic rings. The lowest BCUT2D eigenvalue weighted by molar-refractivity contribution is -0.115. The van der Waals surface area contributed by atoms with Crippen LogP contribution in [-0.4, -0.2) is 27.9 Å². The molecule has 0 atom stereocenters. The number of halogens is 1. The van der Waals surface area contributed by atoms with Crippen molar-refractivity contribution in [2.75, 3.05) is 10.6 Å². The Morgan fingerprint density at radius 3 is 2.44 bits per heavy atom. The van der Waals surface area contributed by atoms with E-state index < -0.39 is 11.9 Å². The number of fused-ring (bicyclic) bond motifs is 1. The van der Waals surface area contributed by atoms with Crippen molar-refractivity contribution in [2.24, 2.45) is 0 Å². The number of amides is 2. The highest BCUT2D eigenvalue weighted by atomic mass is 35.5. The number of carboxylic acid groups (broad SMARTS) is 1. The van der Waals surface area contributed by atoms with Gasteiger partial charge in [0.25, 0.3) is 5.91 Å². The highest BCUT2D eigenvalue weighted by molar-refractivity contribution is 6.30. The third kappa shape index (κ3) is 4.90. The van der Waals surface area contributed by atoms with E-state index in [2.05, 4.69) is 15.6 Å². The number of carbonyl (C=O) groups is 3. The van der Waals surface area contributed by atoms with Crippen LogP contribution in [0.4, 0.5) is 11.4 Å². The average Bonchev–Trinajstić information content (AvgIpc) is 3.26. The van der Waals surface area contributed by atoms with Crippen LogP contribution in [0.25, 0.3) is 10.9 Å². The van der Waals surface area contributed by atoms with Gasteiger partial charge >= 0.3 is 5.97 Å². The van der Waals surface area contributed by atoms with Gasteiger partial charge in [0.05, 0.1) is 40.5 Å². The summed E-state index contributed by atoms with van der Waals surface area (Å²) in [6, 6.07) is 19.7. The maximum atomic E-state index is 12.8. The first kappa shape index (κ1) is 22.6. The lowest BCUT2D eigenvalue weighted by Crippen LogP contribution is -2.16. The van der Waals surface area contributed by atoms with Crippen molar-refractivity contribution in [3.8, 4) is 6.07 Å². The van der Waals surface area contributed by atoms with Gasteiger partial charge in [0.2, 0.25) is 5.91 Å². The van der Waals surface area contributed by atoms with Crippen molar-refractivity contribution in [3.05, 3.63) is 94.1 Å². The van der Waals surface area contributed by atoms with Gasteiger partial charge in [0, 0.05) is 10.4 Å². The van der Waals surface area contributed by atoms with Crippen LogP contribution in [0.1, 0.15) is 32.0 Å². The van der Waals surface area contributed by atoms with E-state index in [1.807, 2.05) is 6.07 Å². The number of H-pyrrole nitrogens is 1. The monoisotopic (exact) mass is 472 g/mol. The van der Waals surface area contributed by atoms with Gasteiger partial charge in [-0.3, -0.25) is 9.59 Å². The number of nitrogens with one attached hydrogen (secondary N) is 3. The lowest BCUT2D eigenvalue weighted by atomic mass is 10.1. The highest BCUT2D eigenvalue weighted by Crippen LogP contribution is 2.25. The first-order chi connectivity index (χ1) is 16.3. The van der Waals surface area contributed by atoms with E-state index in [0.29, 0.717) is 21.6 Å². The molecule has 0 bridgehead atoms. The summed E-state index contributed by atoms with van der Waals surface area (Å²) in [7, 11) is 0. The number of aromatic carboxylic acids is 1. The molecule has 1 heterocycles. The first-order valence-electron chi connectivity index (χ1n) is 10.1. The largest absolute Gasteiger partial charge is 0.478 e. The molecule has 0 aliphatic heterocycles. The van der Waals surface area contributed by atoms with Gasteiger partial charge in [-0.2, -0.15) is 5.26 Å². The number of nitriles is 1. The van der Waals surface area contributed by atoms with Gasteiger partial charge in [-0.15, -0.1) is 0 Å². The molecular formula is C25H17ClN4O4. The van der Waals surface area contributed by atoms with Crippen molar-refractivity contribution in [1.82, 2.24) is 4.98 Å². The Morgan fingerprint density at radius 1 is 0.971 bits per heavy atom. The second kappa shape index (κ2) is 9.48. The Kier molecular flexibility index (Phi) is 6.30. The molecule has 0 spiro atoms. The van der Waals surface area contributed by atoms with Crippen molar-refractivity contribution in [2.45, 2.75) is 6.42 Å². The Morgan fingerprint density at radius 2 is 1.74 bits per heavy atom. The summed E-state index contributed by atoms with van der Waals surface area (Å²) >= 11 is 5.88. The molecule has 0 unspecified atom stereocenters. The molecule has 34 heavy (non-hydrogen) atoms. The van der Waals surface area contributed by atoms with Crippen LogP contribution in [0.3, 0.4) is 0 Å². The van der Waals surface area contributed by atoms with Crippen molar-refractivity contribution in [3.63, 3.8) is 0 Å². The minimum absolute atomic E-state index is 0.0617. The predicted molar refractivity (Wildman–Crippen MR) is 128 cm³/mol. The van der Waals surface area contributed by atoms with Crippen molar-refractivity contribution >= 4 is 51.7 Å². The lowest BCUT2D eigenvalue weighted by Gasteiger charge is -2.08. The van der Waals surface area contributed by atoms with E-state index in [-0.39, 0.29) is 34.8 Å². The normalized spacial score (nSPS) is 10.5. The summed E-state index contributed by atoms with van der Waals surface area (Å²) in [6.45, 7) is 0. The maximum Gasteiger partial charge on any atom is 0.337 e. The van der Waals surface area contributed by atoms with Gasteiger partial charge in [-0.1, -0.05) is 35.9 Å². The number of aromatic amines is 1. The Balaban J connectivity index is 1.55. The predicted octanol–water partition coefficient (Wildman–Crippen LogP) is 4.82. The third-order valence-electron chi connectivity index (χ3n) is 5.08. The van der Waals surface area contributed by atoms with Crippen molar-refractivity contribution in [1.29, 1.82) is 5.26 Å². The number of hydrogen-bond donors (Lipinski definition) is 4. The van der Waals surface area contributed by atoms with Crippen LogP contribution in [0.5, 0.6) is 0 Å². The number of carbonyl (C=O) groups excluding carboxylic acids is 2. The van der Waals surface area contributed by atoms with E-state index in [0.717, 1.165) is 5.56 Å². The molecule has 0 fully saturated rings. The molecule has 0 saturated carbocycles. The van der Waals surface area contributed by atoms with Crippen LogP contribution in [0.2, 0.25) is 5.02 Å². The molecule has 3 aromatic carbocycles. The van der Waals surface area contributed by atoms with E-state index in [9.17, 15) is 19.5 Å². The zero-order chi connectivity index (χ0) is 24.2. The third-order valence-corrected chi connectivity index (χ3v) is 5.33. The van der Waals surface area contributed by atoms with E-state index in [4.69, 9.17) is 16.9 Å². The standard InChI is InChI=1S/C25H17ClN4O4/c26-17-7-4-14(5-8-17)11-22(31)28-20-3-1-2-16-12-21(29-23(16)20)24(32)30-19-9-6-15(13-27)10-18(19)25(33)34/h1-10,12,29H,11H2,(H,28,31)(H,30,32)(H,33,34). The second-order valence-corrected chi connectivity index (χ2v) is 7.87. The number of hydrogen-bond acceptors (Lipinski definition) is 4. The fourth-order valence-corrected chi connectivity index (χ4v) is 3.58. The zero-order valence-corrected chi connectivity index (χ0v) is 18.3. The fraction of sp³-hybridized carbons (Fsp3) is 0.0400. The van der Waals surface area contributed by atoms with E-state index >= 15 is 0 Å². The van der Waals surface area contributed by atoms with E-state index in [1.54, 1.807) is 48.5 Å². The number of nitrogens with zero attached hydrogens (tertiary/aromatic N) is 1. The fourth-order valence-electron chi connectivity index (χ4n) is 3.45. The minimum atomic E-state index is -1.27. The number of anilines is 2. The molecule has 168 valence electrons. The number of rotatable bonds is 6. The van der Waals surface area contributed by atoms with Gasteiger partial charge in [-0.25, -0.2) is 4.79 Å². The second-order valence-electron chi connectivity index (χ2n) is 7.44. The van der Waals surface area contributed by atoms with Gasteiger partial charge in [0.15, 0.2) is 0 Å². The summed E-state index contributed by atoms with van der Waals surface area (Å²) in [4.78, 5) is 39.9. The van der Waals surface area contributed by atoms with Gasteiger partial charge < -0.3 is 20.7 Å². The van der Waals surface area contributed by atoms with Gasteiger partial charge in [0.1, 0.15) is 5.69 Å². The van der Waals surface area contributed by atoms with Crippen LogP contribution >= 0.6 is 11.6 Å². The molecule has 4 N–H and O–H groups in total. The molecule has 0 radical (unpaired) electrons. The Bertz CT molecular complexity index is 1470. The molecule has 9 heteroatoms. The summed E-state index contributed by atoms with van der Waals surface area (Å²) < 4.78 is 0. The quantitative estimate of drug-likeness (QED) is 0.319. The van der Waals surface area contributed by atoms with Crippen LogP contribution in [0.15, 0.2) is 66.7 Å². The molecule has 2 amide bonds. The minimum Gasteiger partial charge on any atom is -0.478 e. The SMILES string of the molecule is N#Cc1ccc(NC(=O)c2cc3cccc(NC(=O)Cc4ccc(Cl)cc4)c3[nH]2)c(C(=O)O)c1. The Labute approximate surface area is 198 Å².